The molecule has 0 radical (unpaired) electrons. The van der Waals surface area contributed by atoms with Crippen molar-refractivity contribution in [3.8, 4) is 0 Å². The van der Waals surface area contributed by atoms with Crippen LogP contribution in [0.5, 0.6) is 0 Å². The van der Waals surface area contributed by atoms with Gasteiger partial charge in [-0.3, -0.25) is 4.79 Å². The van der Waals surface area contributed by atoms with Crippen molar-refractivity contribution >= 4 is 22.1 Å². The Labute approximate surface area is 152 Å². The second kappa shape index (κ2) is 8.22. The van der Waals surface area contributed by atoms with Crippen LogP contribution in [-0.4, -0.2) is 51.1 Å². The summed E-state index contributed by atoms with van der Waals surface area (Å²) in [5.41, 5.74) is 3.48. The quantitative estimate of drug-likeness (QED) is 0.635. The van der Waals surface area contributed by atoms with Gasteiger partial charge in [-0.2, -0.15) is 9.41 Å². The third kappa shape index (κ3) is 4.34. The minimum absolute atomic E-state index is 0.0825. The summed E-state index contributed by atoms with van der Waals surface area (Å²) in [4.78, 5) is 12.3. The summed E-state index contributed by atoms with van der Waals surface area (Å²) < 4.78 is 31.9. The van der Waals surface area contributed by atoms with Gasteiger partial charge in [0.15, 0.2) is 0 Å². The van der Waals surface area contributed by atoms with Gasteiger partial charge in [-0.05, 0) is 23.8 Å². The van der Waals surface area contributed by atoms with Crippen molar-refractivity contribution in [2.24, 2.45) is 5.10 Å². The molecule has 0 unspecified atom stereocenters. The van der Waals surface area contributed by atoms with Gasteiger partial charge in [0.05, 0.1) is 24.3 Å². The van der Waals surface area contributed by atoms with Crippen LogP contribution < -0.4 is 5.43 Å². The fourth-order valence-corrected chi connectivity index (χ4v) is 3.96. The summed E-state index contributed by atoms with van der Waals surface area (Å²) in [6.07, 6.45) is 1.52. The number of ether oxygens (including phenoxy) is 1. The molecule has 7 nitrogen and oxygen atoms in total. The molecule has 1 heterocycles. The maximum Gasteiger partial charge on any atom is 0.271 e. The van der Waals surface area contributed by atoms with Crippen molar-refractivity contribution in [2.45, 2.75) is 4.90 Å². The SMILES string of the molecule is O=C(NN=Cc1ccccc1)c1cccc(S(=O)(=O)N2CCOCC2)c1. The molecular weight excluding hydrogens is 354 g/mol. The number of sulfonamides is 1. The Balaban J connectivity index is 1.72. The van der Waals surface area contributed by atoms with Gasteiger partial charge in [0.25, 0.3) is 5.91 Å². The number of nitrogens with zero attached hydrogens (tertiary/aromatic N) is 2. The molecule has 2 aromatic carbocycles. The van der Waals surface area contributed by atoms with Gasteiger partial charge >= 0.3 is 0 Å². The van der Waals surface area contributed by atoms with E-state index >= 15 is 0 Å². The van der Waals surface area contributed by atoms with E-state index in [9.17, 15) is 13.2 Å². The molecule has 1 aliphatic rings. The van der Waals surface area contributed by atoms with Crippen LogP contribution in [0.15, 0.2) is 64.6 Å². The number of hydrazone groups is 1. The van der Waals surface area contributed by atoms with Crippen LogP contribution in [-0.2, 0) is 14.8 Å². The second-order valence-corrected chi connectivity index (χ2v) is 7.59. The molecule has 0 spiro atoms. The van der Waals surface area contributed by atoms with E-state index in [1.807, 2.05) is 30.3 Å². The van der Waals surface area contributed by atoms with Gasteiger partial charge < -0.3 is 4.74 Å². The summed E-state index contributed by atoms with van der Waals surface area (Å²) in [5, 5.41) is 3.90. The number of carbonyl (C=O) groups is 1. The predicted octanol–water partition coefficient (Wildman–Crippen LogP) is 1.47. The monoisotopic (exact) mass is 373 g/mol. The van der Waals surface area contributed by atoms with Crippen LogP contribution in [0.1, 0.15) is 15.9 Å². The Hall–Kier alpha value is -2.55. The first kappa shape index (κ1) is 18.2. The third-order valence-corrected chi connectivity index (χ3v) is 5.78. The summed E-state index contributed by atoms with van der Waals surface area (Å²) in [7, 11) is -3.65. The molecule has 1 aliphatic heterocycles. The number of morpholine rings is 1. The van der Waals surface area contributed by atoms with Gasteiger partial charge in [-0.15, -0.1) is 0 Å². The topological polar surface area (TPSA) is 88.1 Å². The third-order valence-electron chi connectivity index (χ3n) is 3.88. The number of amides is 1. The van der Waals surface area contributed by atoms with Crippen molar-refractivity contribution in [3.05, 3.63) is 65.7 Å². The lowest BCUT2D eigenvalue weighted by Gasteiger charge is -2.26. The zero-order valence-electron chi connectivity index (χ0n) is 14.0. The van der Waals surface area contributed by atoms with Gasteiger partial charge in [-0.25, -0.2) is 13.8 Å². The lowest BCUT2D eigenvalue weighted by Crippen LogP contribution is -2.40. The number of hydrogen-bond acceptors (Lipinski definition) is 5. The highest BCUT2D eigenvalue weighted by Crippen LogP contribution is 2.18. The Morgan fingerprint density at radius 2 is 1.81 bits per heavy atom. The molecule has 0 aliphatic carbocycles. The average Bonchev–Trinajstić information content (AvgIpc) is 2.69. The Bertz CT molecular complexity index is 892. The minimum atomic E-state index is -3.65. The van der Waals surface area contributed by atoms with Crippen LogP contribution in [0.4, 0.5) is 0 Å². The summed E-state index contributed by atoms with van der Waals surface area (Å²) in [5.74, 6) is -0.476. The van der Waals surface area contributed by atoms with Gasteiger partial charge in [0.2, 0.25) is 10.0 Å². The van der Waals surface area contributed by atoms with Crippen LogP contribution in [0.2, 0.25) is 0 Å². The molecule has 8 heteroatoms. The predicted molar refractivity (Wildman–Crippen MR) is 97.5 cm³/mol. The highest BCUT2D eigenvalue weighted by molar-refractivity contribution is 7.89. The lowest BCUT2D eigenvalue weighted by molar-refractivity contribution is 0.0730. The van der Waals surface area contributed by atoms with Crippen LogP contribution in [0, 0.1) is 0 Å². The number of benzene rings is 2. The van der Waals surface area contributed by atoms with Gasteiger partial charge in [0, 0.05) is 18.7 Å². The van der Waals surface area contributed by atoms with E-state index in [2.05, 4.69) is 10.5 Å². The Morgan fingerprint density at radius 3 is 2.54 bits per heavy atom. The van der Waals surface area contributed by atoms with E-state index in [0.29, 0.717) is 26.3 Å². The molecule has 0 aromatic heterocycles. The van der Waals surface area contributed by atoms with Crippen molar-refractivity contribution in [3.63, 3.8) is 0 Å². The van der Waals surface area contributed by atoms with Crippen LogP contribution in [0.25, 0.3) is 0 Å². The van der Waals surface area contributed by atoms with E-state index in [0.717, 1.165) is 5.56 Å². The normalized spacial score (nSPS) is 15.8. The molecular formula is C18H19N3O4S. The molecule has 136 valence electrons. The van der Waals surface area contributed by atoms with Crippen molar-refractivity contribution in [2.75, 3.05) is 26.3 Å². The molecule has 1 N–H and O–H groups in total. The molecule has 0 saturated carbocycles. The highest BCUT2D eigenvalue weighted by Gasteiger charge is 2.26. The second-order valence-electron chi connectivity index (χ2n) is 5.65. The molecule has 1 fully saturated rings. The number of nitrogens with one attached hydrogen (secondary N) is 1. The van der Waals surface area contributed by atoms with Gasteiger partial charge in [-0.1, -0.05) is 36.4 Å². The first-order valence-electron chi connectivity index (χ1n) is 8.14. The Kier molecular flexibility index (Phi) is 5.77. The number of carbonyl (C=O) groups excluding carboxylic acids is 1. The first-order valence-corrected chi connectivity index (χ1v) is 9.58. The summed E-state index contributed by atoms with van der Waals surface area (Å²) >= 11 is 0. The van der Waals surface area contributed by atoms with Crippen molar-refractivity contribution in [1.82, 2.24) is 9.73 Å². The fraction of sp³-hybridized carbons (Fsp3) is 0.222. The number of hydrogen-bond donors (Lipinski definition) is 1. The maximum absolute atomic E-state index is 12.7. The summed E-state index contributed by atoms with van der Waals surface area (Å²) in [6.45, 7) is 1.35. The van der Waals surface area contributed by atoms with E-state index in [1.165, 1.54) is 22.7 Å². The van der Waals surface area contributed by atoms with E-state index in [1.54, 1.807) is 12.1 Å². The summed E-state index contributed by atoms with van der Waals surface area (Å²) in [6, 6.07) is 15.3. The van der Waals surface area contributed by atoms with E-state index in [-0.39, 0.29) is 10.5 Å². The highest BCUT2D eigenvalue weighted by atomic mass is 32.2. The number of rotatable bonds is 5. The van der Waals surface area contributed by atoms with Crippen molar-refractivity contribution < 1.29 is 17.9 Å². The maximum atomic E-state index is 12.7. The Morgan fingerprint density at radius 1 is 1.08 bits per heavy atom. The van der Waals surface area contributed by atoms with Crippen LogP contribution >= 0.6 is 0 Å². The molecule has 1 saturated heterocycles. The smallest absolute Gasteiger partial charge is 0.271 e. The van der Waals surface area contributed by atoms with Gasteiger partial charge in [0.1, 0.15) is 0 Å². The molecule has 0 atom stereocenters. The fourth-order valence-electron chi connectivity index (χ4n) is 2.50. The molecule has 0 bridgehead atoms. The molecule has 3 rings (SSSR count). The zero-order chi connectivity index (χ0) is 18.4. The molecule has 26 heavy (non-hydrogen) atoms. The largest absolute Gasteiger partial charge is 0.379 e. The molecule has 2 aromatic rings. The average molecular weight is 373 g/mol. The molecule has 1 amide bonds. The van der Waals surface area contributed by atoms with E-state index < -0.39 is 15.9 Å². The lowest BCUT2D eigenvalue weighted by atomic mass is 10.2. The zero-order valence-corrected chi connectivity index (χ0v) is 14.9. The minimum Gasteiger partial charge on any atom is -0.379 e. The first-order chi connectivity index (χ1) is 12.6. The van der Waals surface area contributed by atoms with Crippen LogP contribution in [0.3, 0.4) is 0 Å². The van der Waals surface area contributed by atoms with Crippen molar-refractivity contribution in [1.29, 1.82) is 0 Å². The van der Waals surface area contributed by atoms with E-state index in [4.69, 9.17) is 4.74 Å². The standard InChI is InChI=1S/C18H19N3O4S/c22-18(20-19-14-15-5-2-1-3-6-15)16-7-4-8-17(13-16)26(23,24)21-9-11-25-12-10-21/h1-8,13-14H,9-12H2,(H,20,22).